The van der Waals surface area contributed by atoms with Crippen molar-refractivity contribution >= 4 is 11.7 Å². The average molecular weight is 261 g/mol. The number of carbonyl (C=O) groups is 1. The Kier molecular flexibility index (Phi) is 3.09. The van der Waals surface area contributed by atoms with Crippen molar-refractivity contribution in [2.75, 3.05) is 25.1 Å². The molecule has 102 valence electrons. The van der Waals surface area contributed by atoms with Crippen LogP contribution in [0.2, 0.25) is 0 Å². The van der Waals surface area contributed by atoms with Gasteiger partial charge in [-0.25, -0.2) is 0 Å². The molecule has 19 heavy (non-hydrogen) atoms. The molecule has 0 aliphatic carbocycles. The molecule has 2 aliphatic heterocycles. The van der Waals surface area contributed by atoms with Crippen LogP contribution in [0.4, 0.5) is 5.69 Å². The minimum absolute atomic E-state index is 0.0781. The van der Waals surface area contributed by atoms with Crippen LogP contribution in [0.25, 0.3) is 0 Å². The van der Waals surface area contributed by atoms with E-state index in [1.165, 1.54) is 11.3 Å². The number of carboxylic acids is 1. The Bertz CT molecular complexity index is 512. The number of rotatable bonds is 2. The number of nitrogens with zero attached hydrogens (tertiary/aromatic N) is 1. The lowest BCUT2D eigenvalue weighted by Gasteiger charge is -2.19. The molecule has 2 heterocycles. The molecule has 0 amide bonds. The van der Waals surface area contributed by atoms with Crippen molar-refractivity contribution in [2.45, 2.75) is 31.6 Å². The van der Waals surface area contributed by atoms with Gasteiger partial charge in [-0.05, 0) is 48.4 Å². The van der Waals surface area contributed by atoms with E-state index in [1.807, 2.05) is 0 Å². The van der Waals surface area contributed by atoms with Crippen LogP contribution >= 0.6 is 0 Å². The molecule has 4 heteroatoms. The summed E-state index contributed by atoms with van der Waals surface area (Å²) < 4.78 is 5.81. The summed E-state index contributed by atoms with van der Waals surface area (Å²) in [5.41, 5.74) is 3.63. The van der Waals surface area contributed by atoms with Crippen molar-refractivity contribution in [2.24, 2.45) is 0 Å². The normalized spacial score (nSPS) is 21.3. The van der Waals surface area contributed by atoms with Gasteiger partial charge in [0.15, 0.2) is 0 Å². The lowest BCUT2D eigenvalue weighted by Crippen LogP contribution is -2.13. The lowest BCUT2D eigenvalue weighted by molar-refractivity contribution is -0.137. The molecule has 0 saturated carbocycles. The van der Waals surface area contributed by atoms with Gasteiger partial charge in [-0.3, -0.25) is 4.79 Å². The molecule has 0 fully saturated rings. The summed E-state index contributed by atoms with van der Waals surface area (Å²) in [4.78, 5) is 13.3. The molecular formula is C15H19NO3. The van der Waals surface area contributed by atoms with Gasteiger partial charge in [0, 0.05) is 19.3 Å². The third-order valence-electron chi connectivity index (χ3n) is 4.15. The van der Waals surface area contributed by atoms with E-state index in [0.717, 1.165) is 37.1 Å². The molecule has 1 N–H and O–H groups in total. The molecule has 0 spiro atoms. The van der Waals surface area contributed by atoms with E-state index in [4.69, 9.17) is 9.84 Å². The number of hydrogen-bond acceptors (Lipinski definition) is 3. The highest BCUT2D eigenvalue weighted by Crippen LogP contribution is 2.41. The van der Waals surface area contributed by atoms with Crippen LogP contribution in [-0.2, 0) is 11.2 Å². The first-order valence-electron chi connectivity index (χ1n) is 6.87. The highest BCUT2D eigenvalue weighted by atomic mass is 16.5. The summed E-state index contributed by atoms with van der Waals surface area (Å²) in [6, 6.07) is 4.27. The quantitative estimate of drug-likeness (QED) is 0.888. The second-order valence-corrected chi connectivity index (χ2v) is 5.48. The number of anilines is 1. The summed E-state index contributed by atoms with van der Waals surface area (Å²) >= 11 is 0. The molecule has 1 unspecified atom stereocenters. The maximum absolute atomic E-state index is 11.0. The van der Waals surface area contributed by atoms with Crippen LogP contribution in [0.5, 0.6) is 5.75 Å². The molecule has 1 aromatic carbocycles. The van der Waals surface area contributed by atoms with Crippen molar-refractivity contribution in [1.29, 1.82) is 0 Å². The Labute approximate surface area is 113 Å². The number of likely N-dealkylation sites (N-methyl/N-ethyl adjacent to an activating group) is 1. The van der Waals surface area contributed by atoms with Crippen LogP contribution < -0.4 is 9.64 Å². The summed E-state index contributed by atoms with van der Waals surface area (Å²) in [7, 11) is 2.09. The van der Waals surface area contributed by atoms with Gasteiger partial charge in [0.2, 0.25) is 0 Å². The summed E-state index contributed by atoms with van der Waals surface area (Å²) in [5.74, 6) is 0.249. The van der Waals surface area contributed by atoms with Gasteiger partial charge in [-0.1, -0.05) is 0 Å². The van der Waals surface area contributed by atoms with Crippen molar-refractivity contribution in [3.63, 3.8) is 0 Å². The second-order valence-electron chi connectivity index (χ2n) is 5.48. The number of benzene rings is 1. The minimum Gasteiger partial charge on any atom is -0.493 e. The first-order chi connectivity index (χ1) is 9.15. The van der Waals surface area contributed by atoms with Crippen molar-refractivity contribution in [3.05, 3.63) is 23.3 Å². The Hall–Kier alpha value is -1.71. The number of carboxylic acid groups (broad SMARTS) is 1. The molecule has 1 atom stereocenters. The zero-order chi connectivity index (χ0) is 13.4. The maximum atomic E-state index is 11.0. The number of fused-ring (bicyclic) bond motifs is 2. The van der Waals surface area contributed by atoms with Crippen LogP contribution in [0.3, 0.4) is 0 Å². The zero-order valence-corrected chi connectivity index (χ0v) is 11.2. The predicted octanol–water partition coefficient (Wildman–Crippen LogP) is 2.41. The minimum atomic E-state index is -0.730. The number of hydrogen-bond donors (Lipinski definition) is 1. The molecule has 2 aliphatic rings. The maximum Gasteiger partial charge on any atom is 0.303 e. The summed E-state index contributed by atoms with van der Waals surface area (Å²) in [5, 5.41) is 9.08. The van der Waals surface area contributed by atoms with Gasteiger partial charge in [0.25, 0.3) is 0 Å². The standard InChI is InChI=1S/C15H19NO3/c1-16-5-4-11-7-14-12(9-13(11)16)10(8-15(17)18)3-2-6-19-14/h7,9-10H,2-6,8H2,1H3,(H,17,18). The largest absolute Gasteiger partial charge is 0.493 e. The first kappa shape index (κ1) is 12.3. The monoisotopic (exact) mass is 261 g/mol. The number of aliphatic carboxylic acids is 1. The van der Waals surface area contributed by atoms with Gasteiger partial charge in [-0.15, -0.1) is 0 Å². The third kappa shape index (κ3) is 2.27. The molecule has 4 nitrogen and oxygen atoms in total. The SMILES string of the molecule is CN1CCc2cc3c(cc21)C(CC(=O)O)CCCO3. The Balaban J connectivity index is 2.02. The molecule has 1 aromatic rings. The fourth-order valence-corrected chi connectivity index (χ4v) is 3.13. The second kappa shape index (κ2) is 4.76. The fraction of sp³-hybridized carbons (Fsp3) is 0.533. The Morgan fingerprint density at radius 1 is 1.53 bits per heavy atom. The van der Waals surface area contributed by atoms with Gasteiger partial charge >= 0.3 is 5.97 Å². The lowest BCUT2D eigenvalue weighted by atomic mass is 9.90. The van der Waals surface area contributed by atoms with E-state index in [-0.39, 0.29) is 12.3 Å². The summed E-state index contributed by atoms with van der Waals surface area (Å²) in [6.45, 7) is 1.72. The van der Waals surface area contributed by atoms with E-state index in [2.05, 4.69) is 24.1 Å². The fourth-order valence-electron chi connectivity index (χ4n) is 3.13. The number of ether oxygens (including phenoxy) is 1. The first-order valence-corrected chi connectivity index (χ1v) is 6.87. The Morgan fingerprint density at radius 3 is 3.16 bits per heavy atom. The zero-order valence-electron chi connectivity index (χ0n) is 11.2. The summed E-state index contributed by atoms with van der Waals surface area (Å²) in [6.07, 6.45) is 3.06. The Morgan fingerprint density at radius 2 is 2.37 bits per heavy atom. The molecule has 0 radical (unpaired) electrons. The van der Waals surface area contributed by atoms with Crippen LogP contribution in [0.1, 0.15) is 36.3 Å². The van der Waals surface area contributed by atoms with Crippen molar-refractivity contribution < 1.29 is 14.6 Å². The molecule has 0 aromatic heterocycles. The molecule has 0 bridgehead atoms. The van der Waals surface area contributed by atoms with E-state index in [9.17, 15) is 4.79 Å². The van der Waals surface area contributed by atoms with Gasteiger partial charge in [-0.2, -0.15) is 0 Å². The van der Waals surface area contributed by atoms with Crippen LogP contribution in [0, 0.1) is 0 Å². The van der Waals surface area contributed by atoms with Crippen molar-refractivity contribution in [3.8, 4) is 5.75 Å². The predicted molar refractivity (Wildman–Crippen MR) is 73.1 cm³/mol. The molecule has 0 saturated heterocycles. The van der Waals surface area contributed by atoms with Gasteiger partial charge in [0.05, 0.1) is 13.0 Å². The van der Waals surface area contributed by atoms with Gasteiger partial charge < -0.3 is 14.7 Å². The van der Waals surface area contributed by atoms with Gasteiger partial charge in [0.1, 0.15) is 5.75 Å². The highest BCUT2D eigenvalue weighted by molar-refractivity contribution is 5.69. The van der Waals surface area contributed by atoms with E-state index < -0.39 is 5.97 Å². The van der Waals surface area contributed by atoms with Crippen molar-refractivity contribution in [1.82, 2.24) is 0 Å². The van der Waals surface area contributed by atoms with E-state index >= 15 is 0 Å². The van der Waals surface area contributed by atoms with Crippen LogP contribution in [0.15, 0.2) is 12.1 Å². The average Bonchev–Trinajstić information content (AvgIpc) is 2.61. The topological polar surface area (TPSA) is 49.8 Å². The van der Waals surface area contributed by atoms with E-state index in [0.29, 0.717) is 6.61 Å². The van der Waals surface area contributed by atoms with Crippen LogP contribution in [-0.4, -0.2) is 31.3 Å². The van der Waals surface area contributed by atoms with E-state index in [1.54, 1.807) is 0 Å². The smallest absolute Gasteiger partial charge is 0.303 e. The molecule has 3 rings (SSSR count). The third-order valence-corrected chi connectivity index (χ3v) is 4.15. The highest BCUT2D eigenvalue weighted by Gasteiger charge is 2.26. The molecular weight excluding hydrogens is 242 g/mol.